The van der Waals surface area contributed by atoms with Gasteiger partial charge in [-0.1, -0.05) is 55.0 Å². The predicted molar refractivity (Wildman–Crippen MR) is 109 cm³/mol. The topological polar surface area (TPSA) is 24.5 Å². The summed E-state index contributed by atoms with van der Waals surface area (Å²) >= 11 is 0. The van der Waals surface area contributed by atoms with Gasteiger partial charge in [-0.2, -0.15) is 0 Å². The number of rotatable bonds is 10. The van der Waals surface area contributed by atoms with Crippen molar-refractivity contribution < 1.29 is 4.74 Å². The fraction of sp³-hybridized carbons (Fsp3) is 0.478. The van der Waals surface area contributed by atoms with Crippen LogP contribution in [0.15, 0.2) is 54.6 Å². The second-order valence-corrected chi connectivity index (χ2v) is 7.12. The van der Waals surface area contributed by atoms with E-state index >= 15 is 0 Å². The number of benzene rings is 2. The minimum absolute atomic E-state index is 0.803. The molecule has 2 aromatic rings. The van der Waals surface area contributed by atoms with Crippen LogP contribution < -0.4 is 10.1 Å². The van der Waals surface area contributed by atoms with Crippen LogP contribution in [0.25, 0.3) is 0 Å². The number of nitrogens with one attached hydrogen (secondary N) is 1. The van der Waals surface area contributed by atoms with E-state index in [1.165, 1.54) is 43.5 Å². The van der Waals surface area contributed by atoms with E-state index in [2.05, 4.69) is 64.8 Å². The van der Waals surface area contributed by atoms with Crippen molar-refractivity contribution in [2.45, 2.75) is 38.6 Å². The summed E-state index contributed by atoms with van der Waals surface area (Å²) < 4.78 is 6.08. The van der Waals surface area contributed by atoms with Gasteiger partial charge in [-0.15, -0.1) is 0 Å². The number of ether oxygens (including phenoxy) is 1. The van der Waals surface area contributed by atoms with Gasteiger partial charge in [0.2, 0.25) is 0 Å². The molecular weight excluding hydrogens is 320 g/mol. The van der Waals surface area contributed by atoms with Crippen LogP contribution in [0.1, 0.15) is 36.8 Å². The monoisotopic (exact) mass is 352 g/mol. The molecule has 0 amide bonds. The van der Waals surface area contributed by atoms with E-state index in [1.807, 2.05) is 0 Å². The normalized spacial score (nSPS) is 15.1. The standard InChI is InChI=1S/C23H32N2O/c1-3-10-21(11-4-1)14-15-24-20-22-12-5-6-13-23(22)26-19-9-18-25-16-7-2-8-17-25/h1,3-6,10-13,24H,2,7-9,14-20H2. The van der Waals surface area contributed by atoms with E-state index in [-0.39, 0.29) is 0 Å². The van der Waals surface area contributed by atoms with Crippen molar-refractivity contribution in [3.8, 4) is 5.75 Å². The van der Waals surface area contributed by atoms with Gasteiger partial charge in [0.15, 0.2) is 0 Å². The third-order valence-corrected chi connectivity index (χ3v) is 5.05. The van der Waals surface area contributed by atoms with Crippen LogP contribution in [0.2, 0.25) is 0 Å². The smallest absolute Gasteiger partial charge is 0.123 e. The highest BCUT2D eigenvalue weighted by atomic mass is 16.5. The Morgan fingerprint density at radius 2 is 1.65 bits per heavy atom. The summed E-state index contributed by atoms with van der Waals surface area (Å²) in [7, 11) is 0. The lowest BCUT2D eigenvalue weighted by Gasteiger charge is -2.26. The molecule has 3 heteroatoms. The molecule has 1 aliphatic heterocycles. The highest BCUT2D eigenvalue weighted by Gasteiger charge is 2.09. The second-order valence-electron chi connectivity index (χ2n) is 7.12. The van der Waals surface area contributed by atoms with E-state index in [1.54, 1.807) is 0 Å². The van der Waals surface area contributed by atoms with Gasteiger partial charge >= 0.3 is 0 Å². The minimum atomic E-state index is 0.803. The van der Waals surface area contributed by atoms with Gasteiger partial charge in [0.25, 0.3) is 0 Å². The molecule has 140 valence electrons. The zero-order valence-electron chi connectivity index (χ0n) is 15.8. The fourth-order valence-electron chi connectivity index (χ4n) is 3.54. The first-order valence-electron chi connectivity index (χ1n) is 10.1. The summed E-state index contributed by atoms with van der Waals surface area (Å²) in [5, 5.41) is 3.54. The van der Waals surface area contributed by atoms with Gasteiger partial charge in [0.05, 0.1) is 6.61 Å². The maximum atomic E-state index is 6.08. The van der Waals surface area contributed by atoms with Crippen molar-refractivity contribution in [2.24, 2.45) is 0 Å². The number of para-hydroxylation sites is 1. The molecule has 2 aromatic carbocycles. The van der Waals surface area contributed by atoms with Crippen LogP contribution in [-0.4, -0.2) is 37.7 Å². The molecule has 0 spiro atoms. The summed E-state index contributed by atoms with van der Waals surface area (Å²) in [6, 6.07) is 19.0. The number of likely N-dealkylation sites (tertiary alicyclic amines) is 1. The summed E-state index contributed by atoms with van der Waals surface area (Å²) in [6.07, 6.45) is 6.28. The molecule has 0 aliphatic carbocycles. The number of piperidine rings is 1. The van der Waals surface area contributed by atoms with Crippen molar-refractivity contribution in [1.82, 2.24) is 10.2 Å². The predicted octanol–water partition coefficient (Wildman–Crippen LogP) is 4.27. The van der Waals surface area contributed by atoms with Crippen LogP contribution >= 0.6 is 0 Å². The lowest BCUT2D eigenvalue weighted by Crippen LogP contribution is -2.31. The molecule has 0 aromatic heterocycles. The second kappa shape index (κ2) is 11.0. The Morgan fingerprint density at radius 1 is 0.885 bits per heavy atom. The van der Waals surface area contributed by atoms with Crippen molar-refractivity contribution in [3.05, 3.63) is 65.7 Å². The Bertz CT molecular complexity index is 623. The van der Waals surface area contributed by atoms with Crippen LogP contribution in [0.4, 0.5) is 0 Å². The molecule has 26 heavy (non-hydrogen) atoms. The van der Waals surface area contributed by atoms with Crippen LogP contribution in [0.5, 0.6) is 5.75 Å². The zero-order valence-corrected chi connectivity index (χ0v) is 15.8. The molecule has 3 nitrogen and oxygen atoms in total. The average molecular weight is 353 g/mol. The van der Waals surface area contributed by atoms with Crippen LogP contribution in [-0.2, 0) is 13.0 Å². The van der Waals surface area contributed by atoms with Crippen LogP contribution in [0.3, 0.4) is 0 Å². The van der Waals surface area contributed by atoms with Gasteiger partial charge in [0.1, 0.15) is 5.75 Å². The minimum Gasteiger partial charge on any atom is -0.493 e. The lowest BCUT2D eigenvalue weighted by molar-refractivity contribution is 0.204. The molecule has 0 atom stereocenters. The Morgan fingerprint density at radius 3 is 2.50 bits per heavy atom. The summed E-state index contributed by atoms with van der Waals surface area (Å²) in [5.41, 5.74) is 2.63. The Labute approximate surface area is 158 Å². The van der Waals surface area contributed by atoms with Crippen molar-refractivity contribution in [2.75, 3.05) is 32.8 Å². The SMILES string of the molecule is c1ccc(CCNCc2ccccc2OCCCN2CCCCC2)cc1. The van der Waals surface area contributed by atoms with Crippen molar-refractivity contribution in [1.29, 1.82) is 0 Å². The molecule has 1 heterocycles. The van der Waals surface area contributed by atoms with E-state index in [9.17, 15) is 0 Å². The maximum Gasteiger partial charge on any atom is 0.123 e. The van der Waals surface area contributed by atoms with E-state index in [4.69, 9.17) is 4.74 Å². The molecule has 0 unspecified atom stereocenters. The van der Waals surface area contributed by atoms with E-state index in [0.29, 0.717) is 0 Å². The molecule has 0 saturated carbocycles. The van der Waals surface area contributed by atoms with Crippen molar-refractivity contribution >= 4 is 0 Å². The molecule has 0 bridgehead atoms. The Hall–Kier alpha value is -1.84. The molecular formula is C23H32N2O. The highest BCUT2D eigenvalue weighted by Crippen LogP contribution is 2.18. The Kier molecular flexibility index (Phi) is 8.01. The van der Waals surface area contributed by atoms with Gasteiger partial charge in [0, 0.05) is 18.7 Å². The molecule has 1 N–H and O–H groups in total. The number of nitrogens with zero attached hydrogens (tertiary/aromatic N) is 1. The third kappa shape index (κ3) is 6.47. The van der Waals surface area contributed by atoms with Gasteiger partial charge in [-0.3, -0.25) is 0 Å². The maximum absolute atomic E-state index is 6.08. The Balaban J connectivity index is 1.36. The van der Waals surface area contributed by atoms with Crippen molar-refractivity contribution in [3.63, 3.8) is 0 Å². The van der Waals surface area contributed by atoms with E-state index < -0.39 is 0 Å². The van der Waals surface area contributed by atoms with Crippen LogP contribution in [0, 0.1) is 0 Å². The lowest BCUT2D eigenvalue weighted by atomic mass is 10.1. The number of hydrogen-bond donors (Lipinski definition) is 1. The fourth-order valence-corrected chi connectivity index (χ4v) is 3.54. The van der Waals surface area contributed by atoms with Gasteiger partial charge in [-0.25, -0.2) is 0 Å². The summed E-state index contributed by atoms with van der Waals surface area (Å²) in [6.45, 7) is 6.33. The molecule has 1 aliphatic rings. The molecule has 3 rings (SSSR count). The van der Waals surface area contributed by atoms with E-state index in [0.717, 1.165) is 44.8 Å². The summed E-state index contributed by atoms with van der Waals surface area (Å²) in [4.78, 5) is 2.57. The zero-order chi connectivity index (χ0) is 17.9. The molecule has 0 radical (unpaired) electrons. The highest BCUT2D eigenvalue weighted by molar-refractivity contribution is 5.33. The molecule has 1 fully saturated rings. The third-order valence-electron chi connectivity index (χ3n) is 5.05. The quantitative estimate of drug-likeness (QED) is 0.646. The average Bonchev–Trinajstić information content (AvgIpc) is 2.71. The summed E-state index contributed by atoms with van der Waals surface area (Å²) in [5.74, 6) is 1.03. The van der Waals surface area contributed by atoms with Gasteiger partial charge < -0.3 is 15.0 Å². The first-order valence-corrected chi connectivity index (χ1v) is 10.1. The first-order chi connectivity index (χ1) is 12.9. The molecule has 1 saturated heterocycles. The van der Waals surface area contributed by atoms with Gasteiger partial charge in [-0.05, 0) is 56.9 Å². The largest absolute Gasteiger partial charge is 0.493 e. The number of hydrogen-bond acceptors (Lipinski definition) is 3. The first kappa shape index (κ1) is 18.9.